The van der Waals surface area contributed by atoms with Gasteiger partial charge in [-0.2, -0.15) is 0 Å². The standard InChI is InChI=1S/C18H18N2O6S/c21-14(19-16(23)13-6-3-9-27-13)10-26-15(22)7-8-20-17(24)11-4-1-2-5-12(11)18(20)25/h1-3,6,9,11-12H,4-5,7-8,10H2,(H,19,21,23)/t11-,12-/m1/s1. The van der Waals surface area contributed by atoms with Crippen molar-refractivity contribution < 1.29 is 28.7 Å². The molecule has 3 rings (SSSR count). The SMILES string of the molecule is O=C(COC(=O)CCN1C(=O)[C@@H]2CC=CC[C@H]2C1=O)NC(=O)c1cccs1. The second-order valence-corrected chi connectivity index (χ2v) is 7.20. The van der Waals surface area contributed by atoms with Crippen LogP contribution < -0.4 is 5.32 Å². The van der Waals surface area contributed by atoms with Gasteiger partial charge in [0.25, 0.3) is 11.8 Å². The molecular formula is C18H18N2O6S. The van der Waals surface area contributed by atoms with Gasteiger partial charge in [-0.25, -0.2) is 0 Å². The summed E-state index contributed by atoms with van der Waals surface area (Å²) in [5.41, 5.74) is 0. The predicted octanol–water partition coefficient (Wildman–Crippen LogP) is 0.889. The topological polar surface area (TPSA) is 110 Å². The Bertz CT molecular complexity index is 775. The maximum Gasteiger partial charge on any atom is 0.308 e. The lowest BCUT2D eigenvalue weighted by Gasteiger charge is -2.14. The number of hydrogen-bond acceptors (Lipinski definition) is 7. The molecule has 1 saturated heterocycles. The van der Waals surface area contributed by atoms with Crippen molar-refractivity contribution in [1.82, 2.24) is 10.2 Å². The van der Waals surface area contributed by atoms with E-state index in [1.165, 1.54) is 11.3 Å². The summed E-state index contributed by atoms with van der Waals surface area (Å²) in [6, 6.07) is 3.24. The van der Waals surface area contributed by atoms with Crippen molar-refractivity contribution in [2.24, 2.45) is 11.8 Å². The number of nitrogens with one attached hydrogen (secondary N) is 1. The Hall–Kier alpha value is -2.81. The summed E-state index contributed by atoms with van der Waals surface area (Å²) in [4.78, 5) is 61.2. The van der Waals surface area contributed by atoms with Crippen molar-refractivity contribution in [3.05, 3.63) is 34.5 Å². The molecule has 0 unspecified atom stereocenters. The van der Waals surface area contributed by atoms with Gasteiger partial charge in [-0.3, -0.25) is 34.2 Å². The number of fused-ring (bicyclic) bond motifs is 1. The molecule has 4 amide bonds. The van der Waals surface area contributed by atoms with E-state index in [9.17, 15) is 24.0 Å². The van der Waals surface area contributed by atoms with Crippen LogP contribution in [0.25, 0.3) is 0 Å². The molecule has 1 aromatic rings. The highest BCUT2D eigenvalue weighted by Gasteiger charge is 2.46. The van der Waals surface area contributed by atoms with Crippen LogP contribution in [0.4, 0.5) is 0 Å². The maximum absolute atomic E-state index is 12.3. The summed E-state index contributed by atoms with van der Waals surface area (Å²) in [7, 11) is 0. The molecule has 2 atom stereocenters. The lowest BCUT2D eigenvalue weighted by atomic mass is 9.85. The van der Waals surface area contributed by atoms with Crippen molar-refractivity contribution in [1.29, 1.82) is 0 Å². The number of carbonyl (C=O) groups excluding carboxylic acids is 5. The first-order valence-corrected chi connectivity index (χ1v) is 9.39. The molecule has 1 aromatic heterocycles. The molecule has 9 heteroatoms. The second kappa shape index (κ2) is 8.26. The van der Waals surface area contributed by atoms with Gasteiger partial charge in [-0.1, -0.05) is 18.2 Å². The van der Waals surface area contributed by atoms with Crippen LogP contribution in [0, 0.1) is 11.8 Å². The fourth-order valence-corrected chi connectivity index (χ4v) is 3.76. The Morgan fingerprint density at radius 1 is 1.15 bits per heavy atom. The average molecular weight is 390 g/mol. The van der Waals surface area contributed by atoms with Gasteiger partial charge in [0.2, 0.25) is 11.8 Å². The molecule has 2 heterocycles. The van der Waals surface area contributed by atoms with Gasteiger partial charge in [0.05, 0.1) is 23.1 Å². The third-order valence-corrected chi connectivity index (χ3v) is 5.37. The fourth-order valence-electron chi connectivity index (χ4n) is 3.14. The Morgan fingerprint density at radius 3 is 2.41 bits per heavy atom. The van der Waals surface area contributed by atoms with Crippen molar-refractivity contribution in [2.75, 3.05) is 13.2 Å². The van der Waals surface area contributed by atoms with Crippen molar-refractivity contribution >= 4 is 40.9 Å². The van der Waals surface area contributed by atoms with E-state index >= 15 is 0 Å². The van der Waals surface area contributed by atoms with Gasteiger partial charge in [0, 0.05) is 6.54 Å². The summed E-state index contributed by atoms with van der Waals surface area (Å²) < 4.78 is 4.81. The van der Waals surface area contributed by atoms with E-state index in [2.05, 4.69) is 5.32 Å². The lowest BCUT2D eigenvalue weighted by Crippen LogP contribution is -2.35. The molecule has 1 aliphatic heterocycles. The molecule has 142 valence electrons. The summed E-state index contributed by atoms with van der Waals surface area (Å²) in [6.45, 7) is -0.674. The van der Waals surface area contributed by atoms with Gasteiger partial charge >= 0.3 is 5.97 Å². The Kier molecular flexibility index (Phi) is 5.80. The third kappa shape index (κ3) is 4.30. The molecule has 8 nitrogen and oxygen atoms in total. The van der Waals surface area contributed by atoms with Gasteiger partial charge in [-0.15, -0.1) is 11.3 Å². The maximum atomic E-state index is 12.3. The van der Waals surface area contributed by atoms with Crippen LogP contribution in [-0.4, -0.2) is 47.6 Å². The van der Waals surface area contributed by atoms with E-state index in [1.54, 1.807) is 17.5 Å². The molecule has 2 aliphatic rings. The smallest absolute Gasteiger partial charge is 0.308 e. The number of rotatable bonds is 6. The number of esters is 1. The molecule has 0 radical (unpaired) electrons. The number of likely N-dealkylation sites (tertiary alicyclic amines) is 1. The number of thiophene rings is 1. The molecule has 1 aliphatic carbocycles. The lowest BCUT2D eigenvalue weighted by molar-refractivity contribution is -0.149. The van der Waals surface area contributed by atoms with Crippen LogP contribution in [0.3, 0.4) is 0 Å². The number of imide groups is 2. The molecule has 0 saturated carbocycles. The van der Waals surface area contributed by atoms with Crippen LogP contribution in [0.5, 0.6) is 0 Å². The van der Waals surface area contributed by atoms with Crippen molar-refractivity contribution in [3.8, 4) is 0 Å². The van der Waals surface area contributed by atoms with Crippen LogP contribution in [0.15, 0.2) is 29.7 Å². The highest BCUT2D eigenvalue weighted by atomic mass is 32.1. The first-order chi connectivity index (χ1) is 13.0. The monoisotopic (exact) mass is 390 g/mol. The van der Waals surface area contributed by atoms with Gasteiger partial charge < -0.3 is 4.74 Å². The van der Waals surface area contributed by atoms with Gasteiger partial charge in [0.15, 0.2) is 6.61 Å². The van der Waals surface area contributed by atoms with Crippen LogP contribution in [0.2, 0.25) is 0 Å². The average Bonchev–Trinajstić information content (AvgIpc) is 3.28. The zero-order valence-electron chi connectivity index (χ0n) is 14.4. The third-order valence-electron chi connectivity index (χ3n) is 4.50. The van der Waals surface area contributed by atoms with Gasteiger partial charge in [-0.05, 0) is 24.3 Å². The predicted molar refractivity (Wildman–Crippen MR) is 94.4 cm³/mol. The molecular weight excluding hydrogens is 372 g/mol. The number of carbonyl (C=O) groups is 5. The summed E-state index contributed by atoms with van der Waals surface area (Å²) >= 11 is 1.18. The number of allylic oxidation sites excluding steroid dienone is 2. The highest BCUT2D eigenvalue weighted by Crippen LogP contribution is 2.34. The number of amides is 4. The first-order valence-electron chi connectivity index (χ1n) is 8.51. The number of nitrogens with zero attached hydrogens (tertiary/aromatic N) is 1. The fraction of sp³-hybridized carbons (Fsp3) is 0.389. The van der Waals surface area contributed by atoms with Crippen molar-refractivity contribution in [2.45, 2.75) is 19.3 Å². The van der Waals surface area contributed by atoms with E-state index < -0.39 is 24.4 Å². The largest absolute Gasteiger partial charge is 0.456 e. The van der Waals surface area contributed by atoms with Crippen LogP contribution >= 0.6 is 11.3 Å². The second-order valence-electron chi connectivity index (χ2n) is 6.25. The summed E-state index contributed by atoms with van der Waals surface area (Å²) in [5.74, 6) is -3.23. The van der Waals surface area contributed by atoms with Crippen LogP contribution in [-0.2, 0) is 23.9 Å². The molecule has 0 spiro atoms. The van der Waals surface area contributed by atoms with E-state index in [1.807, 2.05) is 12.2 Å². The zero-order chi connectivity index (χ0) is 19.4. The molecule has 27 heavy (non-hydrogen) atoms. The minimum Gasteiger partial charge on any atom is -0.456 e. The minimum atomic E-state index is -0.743. The first kappa shape index (κ1) is 19.0. The Balaban J connectivity index is 1.41. The normalized spacial score (nSPS) is 21.1. The molecule has 1 N–H and O–H groups in total. The quantitative estimate of drug-likeness (QED) is 0.439. The minimum absolute atomic E-state index is 0.0702. The van der Waals surface area contributed by atoms with E-state index in [0.717, 1.165) is 4.90 Å². The highest BCUT2D eigenvalue weighted by molar-refractivity contribution is 7.12. The molecule has 1 fully saturated rings. The molecule has 0 aromatic carbocycles. The van der Waals surface area contributed by atoms with Gasteiger partial charge in [0.1, 0.15) is 0 Å². The number of ether oxygens (including phenoxy) is 1. The number of hydrogen-bond donors (Lipinski definition) is 1. The zero-order valence-corrected chi connectivity index (χ0v) is 15.2. The van der Waals surface area contributed by atoms with E-state index in [4.69, 9.17) is 4.74 Å². The van der Waals surface area contributed by atoms with Crippen molar-refractivity contribution in [3.63, 3.8) is 0 Å². The summed E-state index contributed by atoms with van der Waals surface area (Å²) in [5, 5.41) is 3.81. The Labute approximate surface area is 159 Å². The van der Waals surface area contributed by atoms with E-state index in [0.29, 0.717) is 17.7 Å². The molecule has 0 bridgehead atoms. The van der Waals surface area contributed by atoms with Crippen LogP contribution in [0.1, 0.15) is 28.9 Å². The Morgan fingerprint density at radius 2 is 1.81 bits per heavy atom. The summed E-state index contributed by atoms with van der Waals surface area (Å²) in [6.07, 6.45) is 4.65. The van der Waals surface area contributed by atoms with E-state index in [-0.39, 0.29) is 36.6 Å².